The van der Waals surface area contributed by atoms with Gasteiger partial charge >= 0.3 is 37.7 Å². The van der Waals surface area contributed by atoms with Gasteiger partial charge in [-0.25, -0.2) is 0 Å². The van der Waals surface area contributed by atoms with Crippen molar-refractivity contribution >= 4 is 61.5 Å². The zero-order valence-electron chi connectivity index (χ0n) is 30.8. The van der Waals surface area contributed by atoms with E-state index in [9.17, 15) is 29.4 Å². The van der Waals surface area contributed by atoms with Crippen LogP contribution in [0.15, 0.2) is 0 Å². The van der Waals surface area contributed by atoms with Crippen LogP contribution in [0.25, 0.3) is 0 Å². The van der Waals surface area contributed by atoms with Crippen LogP contribution in [0.1, 0.15) is 206 Å². The Kier molecular flexibility index (Phi) is 46.4. The maximum Gasteiger partial charge on any atom is 2.00 e. The van der Waals surface area contributed by atoms with E-state index in [1.54, 1.807) is 0 Å². The van der Waals surface area contributed by atoms with Crippen LogP contribution in [0, 0.1) is 0 Å². The van der Waals surface area contributed by atoms with Crippen LogP contribution < -0.4 is 20.8 Å². The maximum absolute atomic E-state index is 11.4. The van der Waals surface area contributed by atoms with Gasteiger partial charge in [-0.3, -0.25) is 9.59 Å². The molecule has 272 valence electrons. The van der Waals surface area contributed by atoms with Crippen molar-refractivity contribution in [2.75, 3.05) is 13.1 Å². The molecule has 0 rings (SSSR count). The molecule has 0 heterocycles. The molecule has 0 bridgehead atoms. The van der Waals surface area contributed by atoms with Gasteiger partial charge in [0.25, 0.3) is 0 Å². The number of hydrogen-bond acceptors (Lipinski definition) is 6. The summed E-state index contributed by atoms with van der Waals surface area (Å²) in [5.74, 6) is -2.33. The molecule has 2 amide bonds. The Morgan fingerprint density at radius 2 is 0.574 bits per heavy atom. The standard InChI is InChI=1S/2C19H37NO3.Ca/c2*1-2-3-4-5-6-7-8-9-10-11-12-13-14-15-18(21)20-17-16-19(22)23;/h2*2-17H2,1H3,(H,20,21)(H,22,23);/q;;+2/p-2. The van der Waals surface area contributed by atoms with Crippen molar-refractivity contribution in [1.82, 2.24) is 10.6 Å². The molecule has 0 unspecified atom stereocenters. The van der Waals surface area contributed by atoms with Gasteiger partial charge in [0.2, 0.25) is 11.8 Å². The Morgan fingerprint density at radius 1 is 0.362 bits per heavy atom. The molecule has 47 heavy (non-hydrogen) atoms. The summed E-state index contributed by atoms with van der Waals surface area (Å²) in [6.07, 6.45) is 34.3. The minimum atomic E-state index is -1.12. The monoisotopic (exact) mass is 693 g/mol. The van der Waals surface area contributed by atoms with Crippen molar-refractivity contribution in [3.63, 3.8) is 0 Å². The van der Waals surface area contributed by atoms with E-state index in [0.29, 0.717) is 12.8 Å². The molecule has 9 heteroatoms. The summed E-state index contributed by atoms with van der Waals surface area (Å²) in [7, 11) is 0. The maximum atomic E-state index is 11.4. The van der Waals surface area contributed by atoms with Crippen molar-refractivity contribution in [2.24, 2.45) is 0 Å². The first-order valence-electron chi connectivity index (χ1n) is 19.3. The average molecular weight is 693 g/mol. The Morgan fingerprint density at radius 3 is 0.787 bits per heavy atom. The van der Waals surface area contributed by atoms with Crippen LogP contribution >= 0.6 is 0 Å². The summed E-state index contributed by atoms with van der Waals surface area (Å²) in [5, 5.41) is 25.6. The summed E-state index contributed by atoms with van der Waals surface area (Å²) < 4.78 is 0. The number of aliphatic carboxylic acids is 2. The molecule has 0 aromatic heterocycles. The second-order valence-corrected chi connectivity index (χ2v) is 12.9. The minimum Gasteiger partial charge on any atom is -0.550 e. The number of unbranched alkanes of at least 4 members (excludes halogenated alkanes) is 24. The zero-order valence-corrected chi connectivity index (χ0v) is 33.0. The number of amides is 2. The molecule has 8 nitrogen and oxygen atoms in total. The number of nitrogens with one attached hydrogen (secondary N) is 2. The first-order chi connectivity index (χ1) is 22.3. The van der Waals surface area contributed by atoms with E-state index in [0.717, 1.165) is 25.7 Å². The third-order valence-corrected chi connectivity index (χ3v) is 8.32. The molecule has 0 saturated carbocycles. The minimum absolute atomic E-state index is 0. The van der Waals surface area contributed by atoms with E-state index in [1.165, 1.54) is 141 Å². The van der Waals surface area contributed by atoms with E-state index in [4.69, 9.17) is 0 Å². The van der Waals surface area contributed by atoms with Crippen molar-refractivity contribution in [3.8, 4) is 0 Å². The van der Waals surface area contributed by atoms with Crippen LogP contribution in [0.4, 0.5) is 0 Å². The molecule has 2 N–H and O–H groups in total. The summed E-state index contributed by atoms with van der Waals surface area (Å²) in [4.78, 5) is 43.2. The number of carbonyl (C=O) groups is 4. The summed E-state index contributed by atoms with van der Waals surface area (Å²) >= 11 is 0. The molecular formula is C38H72CaN2O6. The van der Waals surface area contributed by atoms with Crippen LogP contribution in [-0.2, 0) is 19.2 Å². The molecule has 0 aliphatic rings. The molecule has 0 radical (unpaired) electrons. The zero-order chi connectivity index (χ0) is 34.4. The fourth-order valence-electron chi connectivity index (χ4n) is 5.39. The molecule has 0 saturated heterocycles. The van der Waals surface area contributed by atoms with Gasteiger partial charge in [0.15, 0.2) is 0 Å². The first-order valence-corrected chi connectivity index (χ1v) is 19.3. The van der Waals surface area contributed by atoms with E-state index >= 15 is 0 Å². The van der Waals surface area contributed by atoms with Crippen molar-refractivity contribution in [1.29, 1.82) is 0 Å². The van der Waals surface area contributed by atoms with Gasteiger partial charge in [-0.2, -0.15) is 0 Å². The molecule has 0 spiro atoms. The fraction of sp³-hybridized carbons (Fsp3) is 0.895. The van der Waals surface area contributed by atoms with Gasteiger partial charge in [0, 0.05) is 50.7 Å². The van der Waals surface area contributed by atoms with Gasteiger partial charge in [0.05, 0.1) is 0 Å². The molecule has 0 aromatic carbocycles. The smallest absolute Gasteiger partial charge is 0.550 e. The summed E-state index contributed by atoms with van der Waals surface area (Å²) in [6.45, 7) is 4.87. The second-order valence-electron chi connectivity index (χ2n) is 12.9. The van der Waals surface area contributed by atoms with Crippen molar-refractivity contribution in [2.45, 2.75) is 206 Å². The fourth-order valence-corrected chi connectivity index (χ4v) is 5.39. The van der Waals surface area contributed by atoms with E-state index in [2.05, 4.69) is 24.5 Å². The Labute approximate surface area is 319 Å². The molecule has 0 aliphatic heterocycles. The van der Waals surface area contributed by atoms with Gasteiger partial charge in [-0.15, -0.1) is 0 Å². The molecule has 0 atom stereocenters. The molecule has 0 aliphatic carbocycles. The number of hydrogen-bond donors (Lipinski definition) is 2. The van der Waals surface area contributed by atoms with Crippen LogP contribution in [0.2, 0.25) is 0 Å². The number of carbonyl (C=O) groups excluding carboxylic acids is 4. The van der Waals surface area contributed by atoms with Gasteiger partial charge < -0.3 is 30.4 Å². The SMILES string of the molecule is CCCCCCCCCCCCCCCC(=O)NCCC(=O)[O-].CCCCCCCCCCCCCCCC(=O)NCCC(=O)[O-].[Ca+2]. The Balaban J connectivity index is -0.000000807. The second kappa shape index (κ2) is 43.2. The molecule has 0 aromatic rings. The van der Waals surface area contributed by atoms with Crippen LogP contribution in [0.5, 0.6) is 0 Å². The normalized spacial score (nSPS) is 10.4. The largest absolute Gasteiger partial charge is 2.00 e. The van der Waals surface area contributed by atoms with Crippen molar-refractivity contribution in [3.05, 3.63) is 0 Å². The van der Waals surface area contributed by atoms with E-state index in [1.807, 2.05) is 0 Å². The Bertz CT molecular complexity index is 650. The van der Waals surface area contributed by atoms with Crippen LogP contribution in [-0.4, -0.2) is 74.6 Å². The quantitative estimate of drug-likeness (QED) is 0.0547. The van der Waals surface area contributed by atoms with E-state index in [-0.39, 0.29) is 75.5 Å². The topological polar surface area (TPSA) is 138 Å². The van der Waals surface area contributed by atoms with E-state index < -0.39 is 11.9 Å². The third kappa shape index (κ3) is 49.6. The average Bonchev–Trinajstić information content (AvgIpc) is 3.01. The van der Waals surface area contributed by atoms with Gasteiger partial charge in [-0.1, -0.05) is 168 Å². The number of carboxylic acid groups (broad SMARTS) is 2. The van der Waals surface area contributed by atoms with Crippen molar-refractivity contribution < 1.29 is 29.4 Å². The predicted molar refractivity (Wildman–Crippen MR) is 192 cm³/mol. The third-order valence-electron chi connectivity index (χ3n) is 8.32. The first kappa shape index (κ1) is 50.5. The summed E-state index contributed by atoms with van der Waals surface area (Å²) in [5.41, 5.74) is 0. The Hall–Kier alpha value is -0.860. The molecule has 0 fully saturated rings. The van der Waals surface area contributed by atoms with Gasteiger partial charge in [-0.05, 0) is 12.8 Å². The predicted octanol–water partition coefficient (Wildman–Crippen LogP) is 7.07. The van der Waals surface area contributed by atoms with Crippen LogP contribution in [0.3, 0.4) is 0 Å². The number of rotatable bonds is 34. The summed E-state index contributed by atoms with van der Waals surface area (Å²) in [6, 6.07) is 0. The molecular weight excluding hydrogens is 621 g/mol. The number of carboxylic acids is 2. The van der Waals surface area contributed by atoms with Gasteiger partial charge in [0.1, 0.15) is 0 Å².